The maximum absolute atomic E-state index is 11.2. The fraction of sp³-hybridized carbons (Fsp3) is 0.909. The summed E-state index contributed by atoms with van der Waals surface area (Å²) in [5.41, 5.74) is 0. The van der Waals surface area contributed by atoms with E-state index in [1.807, 2.05) is 13.8 Å². The largest absolute Gasteiger partial charge is 0.353 e. The molecular formula is C11H24N2O3. The van der Waals surface area contributed by atoms with Crippen LogP contribution in [0.25, 0.3) is 0 Å². The highest BCUT2D eigenvalue weighted by molar-refractivity contribution is 5.73. The molecule has 5 nitrogen and oxygen atoms in total. The summed E-state index contributed by atoms with van der Waals surface area (Å²) in [6.07, 6.45) is 1.51. The highest BCUT2D eigenvalue weighted by Crippen LogP contribution is 2.03. The maximum atomic E-state index is 11.2. The summed E-state index contributed by atoms with van der Waals surface area (Å²) < 4.78 is 10.8. The van der Waals surface area contributed by atoms with Crippen molar-refractivity contribution in [2.75, 3.05) is 33.9 Å². The first-order chi connectivity index (χ1) is 7.61. The second kappa shape index (κ2) is 9.42. The summed E-state index contributed by atoms with van der Waals surface area (Å²) in [6, 6.07) is -0.0654. The number of ether oxygens (including phenoxy) is 2. The topological polar surface area (TPSA) is 50.8 Å². The molecule has 0 bridgehead atoms. The molecule has 1 N–H and O–H groups in total. The molecule has 2 amide bonds. The molecule has 0 saturated heterocycles. The van der Waals surface area contributed by atoms with Gasteiger partial charge in [0.1, 0.15) is 0 Å². The van der Waals surface area contributed by atoms with E-state index in [1.54, 1.807) is 14.1 Å². The van der Waals surface area contributed by atoms with Crippen molar-refractivity contribution in [2.45, 2.75) is 33.0 Å². The van der Waals surface area contributed by atoms with Crippen molar-refractivity contribution >= 4 is 6.03 Å². The van der Waals surface area contributed by atoms with Gasteiger partial charge in [-0.1, -0.05) is 0 Å². The number of hydrogen-bond donors (Lipinski definition) is 1. The molecule has 5 heteroatoms. The highest BCUT2D eigenvalue weighted by atomic mass is 16.7. The van der Waals surface area contributed by atoms with Gasteiger partial charge >= 0.3 is 6.03 Å². The van der Waals surface area contributed by atoms with Gasteiger partial charge in [0.25, 0.3) is 0 Å². The van der Waals surface area contributed by atoms with Crippen molar-refractivity contribution < 1.29 is 14.3 Å². The average Bonchev–Trinajstić information content (AvgIpc) is 2.24. The lowest BCUT2D eigenvalue weighted by molar-refractivity contribution is -0.139. The Morgan fingerprint density at radius 2 is 1.81 bits per heavy atom. The Morgan fingerprint density at radius 1 is 1.25 bits per heavy atom. The molecule has 0 spiro atoms. The van der Waals surface area contributed by atoms with E-state index in [2.05, 4.69) is 5.32 Å². The second-order valence-corrected chi connectivity index (χ2v) is 3.61. The Balaban J connectivity index is 3.57. The fourth-order valence-electron chi connectivity index (χ4n) is 1.21. The van der Waals surface area contributed by atoms with Crippen molar-refractivity contribution in [2.24, 2.45) is 0 Å². The van der Waals surface area contributed by atoms with E-state index >= 15 is 0 Å². The van der Waals surface area contributed by atoms with Gasteiger partial charge in [0, 0.05) is 40.3 Å². The molecule has 0 aliphatic heterocycles. The second-order valence-electron chi connectivity index (χ2n) is 3.61. The van der Waals surface area contributed by atoms with E-state index in [-0.39, 0.29) is 12.3 Å². The van der Waals surface area contributed by atoms with Crippen LogP contribution in [0.2, 0.25) is 0 Å². The third-order valence-electron chi connectivity index (χ3n) is 2.00. The van der Waals surface area contributed by atoms with Crippen molar-refractivity contribution in [3.05, 3.63) is 0 Å². The molecule has 16 heavy (non-hydrogen) atoms. The van der Waals surface area contributed by atoms with Crippen LogP contribution in [0.4, 0.5) is 4.79 Å². The third kappa shape index (κ3) is 7.48. The molecule has 0 radical (unpaired) electrons. The van der Waals surface area contributed by atoms with Crippen LogP contribution in [0.1, 0.15) is 26.7 Å². The van der Waals surface area contributed by atoms with Gasteiger partial charge in [-0.15, -0.1) is 0 Å². The van der Waals surface area contributed by atoms with Crippen molar-refractivity contribution in [1.82, 2.24) is 10.2 Å². The molecule has 0 aromatic heterocycles. The Bertz CT molecular complexity index is 180. The number of rotatable bonds is 8. The van der Waals surface area contributed by atoms with E-state index in [1.165, 1.54) is 4.90 Å². The molecular weight excluding hydrogens is 208 g/mol. The highest BCUT2D eigenvalue weighted by Gasteiger charge is 2.08. The van der Waals surface area contributed by atoms with Crippen LogP contribution in [0.5, 0.6) is 0 Å². The smallest absolute Gasteiger partial charge is 0.316 e. The van der Waals surface area contributed by atoms with Crippen LogP contribution in [0.15, 0.2) is 0 Å². The quantitative estimate of drug-likeness (QED) is 0.509. The fourth-order valence-corrected chi connectivity index (χ4v) is 1.21. The minimum atomic E-state index is -0.147. The average molecular weight is 232 g/mol. The number of nitrogens with one attached hydrogen (secondary N) is 1. The van der Waals surface area contributed by atoms with Crippen molar-refractivity contribution in [1.29, 1.82) is 0 Å². The number of nitrogens with zero attached hydrogens (tertiary/aromatic N) is 1. The Kier molecular flexibility index (Phi) is 8.94. The van der Waals surface area contributed by atoms with Gasteiger partial charge in [-0.2, -0.15) is 0 Å². The zero-order valence-corrected chi connectivity index (χ0v) is 10.8. The zero-order chi connectivity index (χ0) is 12.4. The van der Waals surface area contributed by atoms with E-state index in [4.69, 9.17) is 9.47 Å². The monoisotopic (exact) mass is 232 g/mol. The Morgan fingerprint density at radius 3 is 2.25 bits per heavy atom. The summed E-state index contributed by atoms with van der Waals surface area (Å²) in [5, 5.41) is 2.80. The van der Waals surface area contributed by atoms with Gasteiger partial charge in [0.2, 0.25) is 0 Å². The molecule has 96 valence electrons. The molecule has 0 rings (SSSR count). The molecule has 0 atom stereocenters. The van der Waals surface area contributed by atoms with Gasteiger partial charge in [-0.3, -0.25) is 0 Å². The van der Waals surface area contributed by atoms with E-state index < -0.39 is 0 Å². The SMILES string of the molecule is CCOC(CCCNC(=O)N(C)C)OCC. The lowest BCUT2D eigenvalue weighted by Crippen LogP contribution is -2.35. The zero-order valence-electron chi connectivity index (χ0n) is 10.8. The van der Waals surface area contributed by atoms with Crippen LogP contribution in [-0.4, -0.2) is 51.1 Å². The maximum Gasteiger partial charge on any atom is 0.316 e. The predicted octanol–water partition coefficient (Wildman–Crippen LogP) is 1.44. The molecule has 0 aromatic rings. The minimum Gasteiger partial charge on any atom is -0.353 e. The summed E-state index contributed by atoms with van der Waals surface area (Å²) in [4.78, 5) is 12.7. The van der Waals surface area contributed by atoms with Gasteiger partial charge in [0.15, 0.2) is 6.29 Å². The minimum absolute atomic E-state index is 0.0654. The van der Waals surface area contributed by atoms with Crippen LogP contribution < -0.4 is 5.32 Å². The molecule has 0 heterocycles. The normalized spacial score (nSPS) is 10.6. The number of hydrogen-bond acceptors (Lipinski definition) is 3. The molecule has 0 aromatic carbocycles. The number of urea groups is 1. The number of amides is 2. The first kappa shape index (κ1) is 15.2. The first-order valence-corrected chi connectivity index (χ1v) is 5.80. The lowest BCUT2D eigenvalue weighted by Gasteiger charge is -2.17. The molecule has 0 saturated carbocycles. The summed E-state index contributed by atoms with van der Waals surface area (Å²) in [5.74, 6) is 0. The van der Waals surface area contributed by atoms with Crippen LogP contribution in [-0.2, 0) is 9.47 Å². The van der Waals surface area contributed by atoms with E-state index in [0.29, 0.717) is 19.8 Å². The molecule has 0 aliphatic rings. The van der Waals surface area contributed by atoms with E-state index in [9.17, 15) is 4.79 Å². The molecule has 0 unspecified atom stereocenters. The summed E-state index contributed by atoms with van der Waals surface area (Å²) >= 11 is 0. The van der Waals surface area contributed by atoms with Crippen molar-refractivity contribution in [3.8, 4) is 0 Å². The third-order valence-corrected chi connectivity index (χ3v) is 2.00. The standard InChI is InChI=1S/C11H24N2O3/c1-5-15-10(16-6-2)8-7-9-12-11(14)13(3)4/h10H,5-9H2,1-4H3,(H,12,14). The first-order valence-electron chi connectivity index (χ1n) is 5.80. The number of carbonyl (C=O) groups excluding carboxylic acids is 1. The van der Waals surface area contributed by atoms with Crippen LogP contribution in [0.3, 0.4) is 0 Å². The van der Waals surface area contributed by atoms with Crippen LogP contribution >= 0.6 is 0 Å². The lowest BCUT2D eigenvalue weighted by atomic mass is 10.3. The van der Waals surface area contributed by atoms with Gasteiger partial charge in [-0.05, 0) is 20.3 Å². The van der Waals surface area contributed by atoms with Crippen LogP contribution in [0, 0.1) is 0 Å². The summed E-state index contributed by atoms with van der Waals surface area (Å²) in [6.45, 7) is 5.83. The van der Waals surface area contributed by atoms with Gasteiger partial charge in [-0.25, -0.2) is 4.79 Å². The predicted molar refractivity (Wildman–Crippen MR) is 63.4 cm³/mol. The molecule has 0 aliphatic carbocycles. The molecule has 0 fully saturated rings. The van der Waals surface area contributed by atoms with Gasteiger partial charge in [0.05, 0.1) is 0 Å². The van der Waals surface area contributed by atoms with Crippen molar-refractivity contribution in [3.63, 3.8) is 0 Å². The summed E-state index contributed by atoms with van der Waals surface area (Å²) in [7, 11) is 3.44. The Labute approximate surface area is 98.1 Å². The van der Waals surface area contributed by atoms with E-state index in [0.717, 1.165) is 12.8 Å². The number of carbonyl (C=O) groups is 1. The Hall–Kier alpha value is -0.810. The van der Waals surface area contributed by atoms with Gasteiger partial charge < -0.3 is 19.7 Å².